The number of primary amides is 1. The molecule has 0 saturated carbocycles. The molecule has 5 nitrogen and oxygen atoms in total. The van der Waals surface area contributed by atoms with Gasteiger partial charge in [-0.15, -0.1) is 0 Å². The normalized spacial score (nSPS) is 13.2. The molecule has 1 amide bonds. The highest BCUT2D eigenvalue weighted by atomic mass is 35.5. The first-order chi connectivity index (χ1) is 12.3. The summed E-state index contributed by atoms with van der Waals surface area (Å²) in [5, 5.41) is 3.22. The summed E-state index contributed by atoms with van der Waals surface area (Å²) >= 11 is 6.11. The molecular formula is C19H21ClFN3O2. The average Bonchev–Trinajstić information content (AvgIpc) is 2.60. The van der Waals surface area contributed by atoms with Crippen molar-refractivity contribution in [3.8, 4) is 0 Å². The van der Waals surface area contributed by atoms with Gasteiger partial charge in [-0.1, -0.05) is 24.6 Å². The highest BCUT2D eigenvalue weighted by Crippen LogP contribution is 2.30. The van der Waals surface area contributed by atoms with Crippen LogP contribution in [-0.2, 0) is 4.79 Å². The van der Waals surface area contributed by atoms with E-state index in [1.54, 1.807) is 13.0 Å². The lowest BCUT2D eigenvalue weighted by Crippen LogP contribution is -2.34. The molecule has 2 rings (SSSR count). The van der Waals surface area contributed by atoms with E-state index in [4.69, 9.17) is 17.3 Å². The second-order valence-corrected chi connectivity index (χ2v) is 6.50. The van der Waals surface area contributed by atoms with Gasteiger partial charge in [-0.05, 0) is 31.5 Å². The van der Waals surface area contributed by atoms with Crippen molar-refractivity contribution in [1.82, 2.24) is 10.3 Å². The van der Waals surface area contributed by atoms with Crippen LogP contribution in [0, 0.1) is 5.82 Å². The van der Waals surface area contributed by atoms with Gasteiger partial charge < -0.3 is 11.1 Å². The number of halogens is 2. The first-order valence-electron chi connectivity index (χ1n) is 8.32. The van der Waals surface area contributed by atoms with E-state index in [2.05, 4.69) is 10.3 Å². The number of nitrogens with two attached hydrogens (primary N) is 1. The Morgan fingerprint density at radius 3 is 2.50 bits per heavy atom. The van der Waals surface area contributed by atoms with Crippen molar-refractivity contribution in [2.24, 2.45) is 5.73 Å². The van der Waals surface area contributed by atoms with Crippen LogP contribution in [0.3, 0.4) is 0 Å². The molecule has 0 radical (unpaired) electrons. The van der Waals surface area contributed by atoms with Crippen LogP contribution in [0.4, 0.5) is 4.39 Å². The van der Waals surface area contributed by atoms with Gasteiger partial charge in [0.1, 0.15) is 5.82 Å². The molecule has 3 N–H and O–H groups in total. The Morgan fingerprint density at radius 2 is 1.92 bits per heavy atom. The van der Waals surface area contributed by atoms with Crippen LogP contribution in [0.2, 0.25) is 5.02 Å². The number of hydrogen-bond donors (Lipinski definition) is 2. The lowest BCUT2D eigenvalue weighted by molar-refractivity contribution is -0.118. The maximum Gasteiger partial charge on any atom is 0.218 e. The van der Waals surface area contributed by atoms with Crippen LogP contribution in [0.1, 0.15) is 54.2 Å². The molecule has 1 aromatic carbocycles. The summed E-state index contributed by atoms with van der Waals surface area (Å²) in [7, 11) is 0. The summed E-state index contributed by atoms with van der Waals surface area (Å²) in [5.41, 5.74) is 5.67. The Morgan fingerprint density at radius 1 is 1.27 bits per heavy atom. The minimum Gasteiger partial charge on any atom is -0.370 e. The van der Waals surface area contributed by atoms with Crippen LogP contribution in [0.25, 0.3) is 0 Å². The molecule has 0 bridgehead atoms. The molecule has 1 aromatic heterocycles. The molecule has 7 heteroatoms. The van der Waals surface area contributed by atoms with Crippen molar-refractivity contribution in [3.63, 3.8) is 0 Å². The first-order valence-corrected chi connectivity index (χ1v) is 8.69. The molecule has 0 aliphatic rings. The first kappa shape index (κ1) is 20.0. The molecular weight excluding hydrogens is 357 g/mol. The summed E-state index contributed by atoms with van der Waals surface area (Å²) in [6, 6.07) is 5.47. The zero-order chi connectivity index (χ0) is 19.3. The van der Waals surface area contributed by atoms with Crippen molar-refractivity contribution < 1.29 is 14.0 Å². The lowest BCUT2D eigenvalue weighted by atomic mass is 9.96. The van der Waals surface area contributed by atoms with Gasteiger partial charge in [0, 0.05) is 42.0 Å². The topological polar surface area (TPSA) is 85.1 Å². The molecule has 0 aliphatic heterocycles. The van der Waals surface area contributed by atoms with Crippen molar-refractivity contribution in [2.75, 3.05) is 0 Å². The zero-order valence-corrected chi connectivity index (χ0v) is 15.4. The summed E-state index contributed by atoms with van der Waals surface area (Å²) in [4.78, 5) is 27.6. The van der Waals surface area contributed by atoms with E-state index < -0.39 is 17.5 Å². The Bertz CT molecular complexity index is 799. The number of carbonyl (C=O) groups excluding carboxylic acids is 2. The molecule has 138 valence electrons. The van der Waals surface area contributed by atoms with Gasteiger partial charge in [-0.2, -0.15) is 0 Å². The van der Waals surface area contributed by atoms with Crippen LogP contribution in [-0.4, -0.2) is 22.7 Å². The standard InChI is InChI=1S/C19H21ClFN3O2/c1-3-15(24-11(2)10-16(22)25)13-4-5-14(20)17(18(13)21)19(26)12-6-8-23-9-7-12/h4-9,11,15,24H,3,10H2,1-2H3,(H2,22,25)/t11-,15+/m0/s1. The number of pyridine rings is 1. The monoisotopic (exact) mass is 377 g/mol. The van der Waals surface area contributed by atoms with E-state index in [1.807, 2.05) is 6.92 Å². The number of carbonyl (C=O) groups is 2. The number of benzene rings is 1. The second kappa shape index (κ2) is 8.87. The fourth-order valence-corrected chi connectivity index (χ4v) is 3.06. The molecule has 0 aliphatic carbocycles. The highest BCUT2D eigenvalue weighted by molar-refractivity contribution is 6.35. The number of ketones is 1. The summed E-state index contributed by atoms with van der Waals surface area (Å²) < 4.78 is 15.2. The SMILES string of the molecule is CC[C@@H](N[C@@H](C)CC(N)=O)c1ccc(Cl)c(C(=O)c2ccncc2)c1F. The number of nitrogens with zero attached hydrogens (tertiary/aromatic N) is 1. The summed E-state index contributed by atoms with van der Waals surface area (Å²) in [5.74, 6) is -1.60. The highest BCUT2D eigenvalue weighted by Gasteiger charge is 2.24. The van der Waals surface area contributed by atoms with E-state index >= 15 is 4.39 Å². The van der Waals surface area contributed by atoms with E-state index in [9.17, 15) is 9.59 Å². The Hall–Kier alpha value is -2.31. The molecule has 1 heterocycles. The molecule has 0 saturated heterocycles. The molecule has 26 heavy (non-hydrogen) atoms. The van der Waals surface area contributed by atoms with Gasteiger partial charge in [0.2, 0.25) is 5.91 Å². The quantitative estimate of drug-likeness (QED) is 0.690. The molecule has 0 unspecified atom stereocenters. The van der Waals surface area contributed by atoms with E-state index in [-0.39, 0.29) is 29.1 Å². The number of nitrogens with one attached hydrogen (secondary N) is 1. The maximum absolute atomic E-state index is 15.2. The van der Waals surface area contributed by atoms with E-state index in [0.717, 1.165) is 0 Å². The minimum absolute atomic E-state index is 0.0492. The Kier molecular flexibility index (Phi) is 6.83. The molecule has 0 fully saturated rings. The van der Waals surface area contributed by atoms with Crippen LogP contribution in [0.5, 0.6) is 0 Å². The van der Waals surface area contributed by atoms with Gasteiger partial charge in [0.25, 0.3) is 0 Å². The van der Waals surface area contributed by atoms with Gasteiger partial charge in [-0.3, -0.25) is 14.6 Å². The minimum atomic E-state index is -0.662. The third-order valence-corrected chi connectivity index (χ3v) is 4.38. The van der Waals surface area contributed by atoms with E-state index in [0.29, 0.717) is 17.5 Å². The van der Waals surface area contributed by atoms with Gasteiger partial charge in [0.05, 0.1) is 10.6 Å². The number of amides is 1. The summed E-state index contributed by atoms with van der Waals surface area (Å²) in [6.45, 7) is 3.68. The summed E-state index contributed by atoms with van der Waals surface area (Å²) in [6.07, 6.45) is 3.62. The largest absolute Gasteiger partial charge is 0.370 e. The number of rotatable bonds is 8. The zero-order valence-electron chi connectivity index (χ0n) is 14.6. The van der Waals surface area contributed by atoms with Crippen molar-refractivity contribution in [3.05, 3.63) is 64.2 Å². The van der Waals surface area contributed by atoms with Crippen molar-refractivity contribution in [2.45, 2.75) is 38.8 Å². The predicted molar refractivity (Wildman–Crippen MR) is 98.5 cm³/mol. The second-order valence-electron chi connectivity index (χ2n) is 6.09. The predicted octanol–water partition coefficient (Wildman–Crippen LogP) is 3.41. The molecule has 2 atom stereocenters. The number of hydrogen-bond acceptors (Lipinski definition) is 4. The van der Waals surface area contributed by atoms with Gasteiger partial charge in [-0.25, -0.2) is 4.39 Å². The average molecular weight is 378 g/mol. The fourth-order valence-electron chi connectivity index (χ4n) is 2.83. The Labute approximate surface area is 156 Å². The third kappa shape index (κ3) is 4.65. The van der Waals surface area contributed by atoms with Crippen LogP contribution in [0.15, 0.2) is 36.7 Å². The van der Waals surface area contributed by atoms with Crippen molar-refractivity contribution >= 4 is 23.3 Å². The van der Waals surface area contributed by atoms with Crippen LogP contribution < -0.4 is 11.1 Å². The molecule has 0 spiro atoms. The lowest BCUT2D eigenvalue weighted by Gasteiger charge is -2.23. The smallest absolute Gasteiger partial charge is 0.218 e. The fraction of sp³-hybridized carbons (Fsp3) is 0.316. The van der Waals surface area contributed by atoms with Gasteiger partial charge >= 0.3 is 0 Å². The Balaban J connectivity index is 2.38. The maximum atomic E-state index is 15.2. The van der Waals surface area contributed by atoms with E-state index in [1.165, 1.54) is 30.6 Å². The van der Waals surface area contributed by atoms with Gasteiger partial charge in [0.15, 0.2) is 5.78 Å². The third-order valence-electron chi connectivity index (χ3n) is 4.07. The van der Waals surface area contributed by atoms with Crippen molar-refractivity contribution in [1.29, 1.82) is 0 Å². The van der Waals surface area contributed by atoms with Crippen LogP contribution >= 0.6 is 11.6 Å². The molecule has 2 aromatic rings. The number of aromatic nitrogens is 1.